The van der Waals surface area contributed by atoms with Crippen LogP contribution in [0.4, 0.5) is 0 Å². The van der Waals surface area contributed by atoms with Crippen LogP contribution >= 0.6 is 0 Å². The number of sulfonamides is 1. The van der Waals surface area contributed by atoms with Gasteiger partial charge < -0.3 is 0 Å². The van der Waals surface area contributed by atoms with Gasteiger partial charge in [-0.2, -0.15) is 9.41 Å². The Morgan fingerprint density at radius 2 is 1.96 bits per heavy atom. The number of pyridine rings is 1. The predicted molar refractivity (Wildman–Crippen MR) is 93.7 cm³/mol. The summed E-state index contributed by atoms with van der Waals surface area (Å²) >= 11 is 0. The van der Waals surface area contributed by atoms with Crippen molar-refractivity contribution in [1.82, 2.24) is 14.7 Å². The number of hydrogen-bond donors (Lipinski definition) is 1. The molecule has 7 nitrogen and oxygen atoms in total. The summed E-state index contributed by atoms with van der Waals surface area (Å²) in [6, 6.07) is 11.3. The highest BCUT2D eigenvalue weighted by Crippen LogP contribution is 2.21. The molecule has 1 aliphatic heterocycles. The van der Waals surface area contributed by atoms with E-state index in [1.807, 2.05) is 6.07 Å². The first kappa shape index (κ1) is 17.2. The summed E-state index contributed by atoms with van der Waals surface area (Å²) in [5, 5.41) is 3.84. The van der Waals surface area contributed by atoms with Crippen molar-refractivity contribution in [2.24, 2.45) is 5.10 Å². The van der Waals surface area contributed by atoms with Crippen molar-refractivity contribution in [3.05, 3.63) is 59.9 Å². The number of nitrogens with one attached hydrogen (secondary N) is 1. The van der Waals surface area contributed by atoms with Gasteiger partial charge in [-0.25, -0.2) is 13.8 Å². The van der Waals surface area contributed by atoms with Gasteiger partial charge in [0, 0.05) is 24.8 Å². The monoisotopic (exact) mass is 358 g/mol. The van der Waals surface area contributed by atoms with E-state index in [1.165, 1.54) is 22.7 Å². The number of amides is 1. The van der Waals surface area contributed by atoms with Crippen LogP contribution in [0.1, 0.15) is 28.9 Å². The molecule has 0 spiro atoms. The number of nitrogens with zero attached hydrogens (tertiary/aromatic N) is 3. The van der Waals surface area contributed by atoms with E-state index in [2.05, 4.69) is 15.5 Å². The minimum atomic E-state index is -3.55. The summed E-state index contributed by atoms with van der Waals surface area (Å²) < 4.78 is 26.6. The molecular formula is C17H18N4O3S. The lowest BCUT2D eigenvalue weighted by Gasteiger charge is -2.15. The van der Waals surface area contributed by atoms with Gasteiger partial charge in [0.05, 0.1) is 16.8 Å². The number of aromatic nitrogens is 1. The standard InChI is InChI=1S/C17H18N4O3S/c22-17(20-19-13-15-7-1-2-9-18-15)14-6-5-8-16(12-14)25(23,24)21-10-3-4-11-21/h1-2,5-9,12-13H,3-4,10-11H2,(H,20,22)/b19-13-. The topological polar surface area (TPSA) is 91.7 Å². The van der Waals surface area contributed by atoms with Gasteiger partial charge >= 0.3 is 0 Å². The molecule has 1 aromatic heterocycles. The van der Waals surface area contributed by atoms with E-state index in [4.69, 9.17) is 0 Å². The van der Waals surface area contributed by atoms with E-state index in [0.29, 0.717) is 18.8 Å². The predicted octanol–water partition coefficient (Wildman–Crippen LogP) is 1.63. The molecule has 0 aliphatic carbocycles. The lowest BCUT2D eigenvalue weighted by Crippen LogP contribution is -2.28. The third-order valence-electron chi connectivity index (χ3n) is 3.85. The van der Waals surface area contributed by atoms with Gasteiger partial charge in [-0.05, 0) is 43.2 Å². The molecule has 1 N–H and O–H groups in total. The molecule has 0 atom stereocenters. The molecular weight excluding hydrogens is 340 g/mol. The average molecular weight is 358 g/mol. The molecule has 0 radical (unpaired) electrons. The van der Waals surface area contributed by atoms with Gasteiger partial charge in [0.15, 0.2) is 0 Å². The molecule has 0 unspecified atom stereocenters. The molecule has 25 heavy (non-hydrogen) atoms. The summed E-state index contributed by atoms with van der Waals surface area (Å²) in [6.07, 6.45) is 4.77. The molecule has 2 aromatic rings. The van der Waals surface area contributed by atoms with Crippen molar-refractivity contribution in [1.29, 1.82) is 0 Å². The van der Waals surface area contributed by atoms with Gasteiger partial charge in [-0.15, -0.1) is 0 Å². The van der Waals surface area contributed by atoms with Gasteiger partial charge in [0.2, 0.25) is 10.0 Å². The van der Waals surface area contributed by atoms with Crippen LogP contribution < -0.4 is 5.43 Å². The van der Waals surface area contributed by atoms with Gasteiger partial charge in [-0.3, -0.25) is 9.78 Å². The highest BCUT2D eigenvalue weighted by atomic mass is 32.2. The number of hydrazone groups is 1. The molecule has 130 valence electrons. The fraction of sp³-hybridized carbons (Fsp3) is 0.235. The summed E-state index contributed by atoms with van der Waals surface area (Å²) in [6.45, 7) is 1.04. The van der Waals surface area contributed by atoms with E-state index in [0.717, 1.165) is 12.8 Å². The van der Waals surface area contributed by atoms with Crippen LogP contribution in [-0.4, -0.2) is 42.9 Å². The lowest BCUT2D eigenvalue weighted by atomic mass is 10.2. The Labute approximate surface area is 146 Å². The van der Waals surface area contributed by atoms with E-state index in [1.54, 1.807) is 30.5 Å². The molecule has 3 rings (SSSR count). The highest BCUT2D eigenvalue weighted by Gasteiger charge is 2.27. The Morgan fingerprint density at radius 3 is 2.68 bits per heavy atom. The van der Waals surface area contributed by atoms with Crippen LogP contribution in [0.2, 0.25) is 0 Å². The first-order valence-corrected chi connectivity index (χ1v) is 9.36. The van der Waals surface area contributed by atoms with Crippen LogP contribution in [0.5, 0.6) is 0 Å². The van der Waals surface area contributed by atoms with Crippen molar-refractivity contribution >= 4 is 22.1 Å². The minimum Gasteiger partial charge on any atom is -0.267 e. The maximum atomic E-state index is 12.6. The molecule has 2 heterocycles. The second kappa shape index (κ2) is 7.54. The summed E-state index contributed by atoms with van der Waals surface area (Å²) in [4.78, 5) is 16.4. The van der Waals surface area contributed by atoms with Gasteiger partial charge in [0.25, 0.3) is 5.91 Å². The number of hydrogen-bond acceptors (Lipinski definition) is 5. The van der Waals surface area contributed by atoms with Crippen LogP contribution in [-0.2, 0) is 10.0 Å². The summed E-state index contributed by atoms with van der Waals surface area (Å²) in [5.74, 6) is -0.481. The Bertz CT molecular complexity index is 876. The van der Waals surface area contributed by atoms with Gasteiger partial charge in [0.1, 0.15) is 0 Å². The fourth-order valence-electron chi connectivity index (χ4n) is 2.55. The largest absolute Gasteiger partial charge is 0.271 e. The lowest BCUT2D eigenvalue weighted by molar-refractivity contribution is 0.0955. The third kappa shape index (κ3) is 4.09. The SMILES string of the molecule is O=C(N/N=C\c1ccccn1)c1cccc(S(=O)(=O)N2CCCC2)c1. The second-order valence-corrected chi connectivity index (χ2v) is 7.53. The Kier molecular flexibility index (Phi) is 5.20. The Hall–Kier alpha value is -2.58. The molecule has 8 heteroatoms. The zero-order valence-electron chi connectivity index (χ0n) is 13.5. The molecule has 1 aromatic carbocycles. The van der Waals surface area contributed by atoms with E-state index in [9.17, 15) is 13.2 Å². The number of rotatable bonds is 5. The van der Waals surface area contributed by atoms with Crippen molar-refractivity contribution in [2.45, 2.75) is 17.7 Å². The normalized spacial score (nSPS) is 15.5. The molecule has 1 aliphatic rings. The Morgan fingerprint density at radius 1 is 1.16 bits per heavy atom. The smallest absolute Gasteiger partial charge is 0.267 e. The van der Waals surface area contributed by atoms with Crippen LogP contribution in [0.3, 0.4) is 0 Å². The minimum absolute atomic E-state index is 0.121. The molecule has 1 fully saturated rings. The van der Waals surface area contributed by atoms with E-state index >= 15 is 0 Å². The maximum absolute atomic E-state index is 12.6. The van der Waals surface area contributed by atoms with Crippen molar-refractivity contribution in [3.8, 4) is 0 Å². The molecule has 1 amide bonds. The average Bonchev–Trinajstić information content (AvgIpc) is 3.18. The first-order valence-electron chi connectivity index (χ1n) is 7.92. The quantitative estimate of drug-likeness (QED) is 0.649. The zero-order valence-corrected chi connectivity index (χ0v) is 14.3. The maximum Gasteiger partial charge on any atom is 0.271 e. The van der Waals surface area contributed by atoms with E-state index in [-0.39, 0.29) is 10.5 Å². The molecule has 0 bridgehead atoms. The Balaban J connectivity index is 1.72. The van der Waals surface area contributed by atoms with Crippen LogP contribution in [0, 0.1) is 0 Å². The summed E-state index contributed by atoms with van der Waals surface area (Å²) in [5.41, 5.74) is 3.22. The number of carbonyl (C=O) groups is 1. The number of benzene rings is 1. The van der Waals surface area contributed by atoms with Crippen LogP contribution in [0.25, 0.3) is 0 Å². The van der Waals surface area contributed by atoms with Crippen molar-refractivity contribution in [3.63, 3.8) is 0 Å². The van der Waals surface area contributed by atoms with E-state index < -0.39 is 15.9 Å². The molecule has 1 saturated heterocycles. The van der Waals surface area contributed by atoms with Gasteiger partial charge in [-0.1, -0.05) is 12.1 Å². The van der Waals surface area contributed by atoms with Crippen molar-refractivity contribution < 1.29 is 13.2 Å². The molecule has 0 saturated carbocycles. The highest BCUT2D eigenvalue weighted by molar-refractivity contribution is 7.89. The van der Waals surface area contributed by atoms with Crippen LogP contribution in [0.15, 0.2) is 58.7 Å². The fourth-order valence-corrected chi connectivity index (χ4v) is 4.11. The third-order valence-corrected chi connectivity index (χ3v) is 5.74. The first-order chi connectivity index (χ1) is 12.1. The second-order valence-electron chi connectivity index (χ2n) is 5.59. The summed E-state index contributed by atoms with van der Waals surface area (Å²) in [7, 11) is -3.55. The zero-order chi connectivity index (χ0) is 17.7. The van der Waals surface area contributed by atoms with Crippen molar-refractivity contribution in [2.75, 3.05) is 13.1 Å². The number of carbonyl (C=O) groups excluding carboxylic acids is 1.